The standard InChI is InChI=1S/C17H15BrO4S.C2H4/c1-12-5-9-15(10-6-12)23(19,20)21-11-14-8-7-13-3-2-4-16(18)17(13)22-14;1-2/h2-10,14H,11H2,1H3;1-2H2. The average molecular weight is 423 g/mol. The Morgan fingerprint density at radius 1 is 1.16 bits per heavy atom. The predicted molar refractivity (Wildman–Crippen MR) is 103 cm³/mol. The zero-order chi connectivity index (χ0) is 18.4. The van der Waals surface area contributed by atoms with Crippen molar-refractivity contribution >= 4 is 32.1 Å². The van der Waals surface area contributed by atoms with Gasteiger partial charge in [0, 0.05) is 5.56 Å². The van der Waals surface area contributed by atoms with Crippen molar-refractivity contribution in [2.45, 2.75) is 17.9 Å². The van der Waals surface area contributed by atoms with Crippen LogP contribution < -0.4 is 4.74 Å². The Hall–Kier alpha value is -1.89. The van der Waals surface area contributed by atoms with E-state index in [1.54, 1.807) is 18.2 Å². The molecule has 6 heteroatoms. The van der Waals surface area contributed by atoms with Gasteiger partial charge in [-0.3, -0.25) is 4.18 Å². The number of aryl methyl sites for hydroxylation is 1. The fraction of sp³-hybridized carbons (Fsp3) is 0.158. The number of ether oxygens (including phenoxy) is 1. The summed E-state index contributed by atoms with van der Waals surface area (Å²) in [5.74, 6) is 0.691. The molecule has 0 spiro atoms. The van der Waals surface area contributed by atoms with Crippen molar-refractivity contribution in [3.8, 4) is 5.75 Å². The van der Waals surface area contributed by atoms with Gasteiger partial charge in [0.15, 0.2) is 0 Å². The summed E-state index contributed by atoms with van der Waals surface area (Å²) in [6, 6.07) is 12.3. The summed E-state index contributed by atoms with van der Waals surface area (Å²) in [6.07, 6.45) is 3.23. The molecule has 132 valence electrons. The van der Waals surface area contributed by atoms with Crippen LogP contribution in [-0.2, 0) is 14.3 Å². The van der Waals surface area contributed by atoms with Gasteiger partial charge >= 0.3 is 0 Å². The molecule has 3 rings (SSSR count). The van der Waals surface area contributed by atoms with Gasteiger partial charge in [0.2, 0.25) is 0 Å². The van der Waals surface area contributed by atoms with Gasteiger partial charge in [-0.25, -0.2) is 0 Å². The Kier molecular flexibility index (Phi) is 6.58. The van der Waals surface area contributed by atoms with E-state index in [0.717, 1.165) is 15.6 Å². The van der Waals surface area contributed by atoms with E-state index < -0.39 is 16.2 Å². The molecule has 4 nitrogen and oxygen atoms in total. The highest BCUT2D eigenvalue weighted by Crippen LogP contribution is 2.33. The van der Waals surface area contributed by atoms with E-state index in [4.69, 9.17) is 8.92 Å². The van der Waals surface area contributed by atoms with E-state index >= 15 is 0 Å². The van der Waals surface area contributed by atoms with Gasteiger partial charge in [-0.2, -0.15) is 8.42 Å². The number of rotatable bonds is 4. The molecule has 0 saturated heterocycles. The quantitative estimate of drug-likeness (QED) is 0.527. The molecule has 2 aromatic rings. The predicted octanol–water partition coefficient (Wildman–Crippen LogP) is 4.74. The van der Waals surface area contributed by atoms with Gasteiger partial charge in [0.1, 0.15) is 18.5 Å². The Labute approximate surface area is 157 Å². The molecule has 0 fully saturated rings. The van der Waals surface area contributed by atoms with Gasteiger partial charge < -0.3 is 4.74 Å². The number of hydrogen-bond donors (Lipinski definition) is 0. The Balaban J connectivity index is 0.00000109. The van der Waals surface area contributed by atoms with Crippen LogP contribution in [0.4, 0.5) is 0 Å². The summed E-state index contributed by atoms with van der Waals surface area (Å²) in [6.45, 7) is 7.82. The van der Waals surface area contributed by atoms with Gasteiger partial charge in [-0.1, -0.05) is 35.9 Å². The highest BCUT2D eigenvalue weighted by Gasteiger charge is 2.21. The number of para-hydroxylation sites is 1. The summed E-state index contributed by atoms with van der Waals surface area (Å²) in [7, 11) is -3.79. The first-order valence-electron chi connectivity index (χ1n) is 7.55. The number of halogens is 1. The Morgan fingerprint density at radius 2 is 1.84 bits per heavy atom. The minimum atomic E-state index is -3.79. The number of hydrogen-bond acceptors (Lipinski definition) is 4. The SMILES string of the molecule is C=C.Cc1ccc(S(=O)(=O)OCC2C=Cc3cccc(Br)c3O2)cc1. The molecule has 1 aliphatic heterocycles. The van der Waals surface area contributed by atoms with E-state index in [1.165, 1.54) is 12.1 Å². The van der Waals surface area contributed by atoms with Crippen LogP contribution in [0.15, 0.2) is 71.1 Å². The van der Waals surface area contributed by atoms with E-state index in [1.807, 2.05) is 31.2 Å². The van der Waals surface area contributed by atoms with Crippen LogP contribution in [0, 0.1) is 6.92 Å². The fourth-order valence-electron chi connectivity index (χ4n) is 2.20. The van der Waals surface area contributed by atoms with Gasteiger partial charge in [0.05, 0.1) is 9.37 Å². The van der Waals surface area contributed by atoms with Crippen LogP contribution in [0.5, 0.6) is 5.75 Å². The van der Waals surface area contributed by atoms with Crippen LogP contribution in [-0.4, -0.2) is 21.1 Å². The third-order valence-electron chi connectivity index (χ3n) is 3.45. The number of fused-ring (bicyclic) bond motifs is 1. The first kappa shape index (κ1) is 19.4. The largest absolute Gasteiger partial charge is 0.482 e. The van der Waals surface area contributed by atoms with Crippen molar-refractivity contribution in [2.75, 3.05) is 6.61 Å². The summed E-state index contributed by atoms with van der Waals surface area (Å²) < 4.78 is 36.1. The lowest BCUT2D eigenvalue weighted by atomic mass is 10.1. The third-order valence-corrected chi connectivity index (χ3v) is 5.37. The molecular weight excluding hydrogens is 404 g/mol. The summed E-state index contributed by atoms with van der Waals surface area (Å²) >= 11 is 3.43. The van der Waals surface area contributed by atoms with Crippen molar-refractivity contribution in [3.63, 3.8) is 0 Å². The minimum absolute atomic E-state index is 0.0759. The minimum Gasteiger partial charge on any atom is -0.482 e. The second kappa shape index (κ2) is 8.47. The Bertz CT molecular complexity index is 857. The van der Waals surface area contributed by atoms with Crippen molar-refractivity contribution in [1.29, 1.82) is 0 Å². The lowest BCUT2D eigenvalue weighted by Gasteiger charge is -2.22. The molecule has 1 unspecified atom stereocenters. The summed E-state index contributed by atoms with van der Waals surface area (Å²) in [5.41, 5.74) is 1.93. The smallest absolute Gasteiger partial charge is 0.297 e. The molecule has 0 aliphatic carbocycles. The highest BCUT2D eigenvalue weighted by molar-refractivity contribution is 9.10. The van der Waals surface area contributed by atoms with Crippen molar-refractivity contribution in [2.24, 2.45) is 0 Å². The molecular formula is C19H19BrO4S. The zero-order valence-corrected chi connectivity index (χ0v) is 16.2. The van der Waals surface area contributed by atoms with Gasteiger partial charge in [-0.15, -0.1) is 13.2 Å². The lowest BCUT2D eigenvalue weighted by molar-refractivity contribution is 0.164. The van der Waals surface area contributed by atoms with Crippen LogP contribution >= 0.6 is 15.9 Å². The molecule has 1 heterocycles. The molecule has 1 aliphatic rings. The first-order chi connectivity index (χ1) is 12.0. The Morgan fingerprint density at radius 3 is 2.52 bits per heavy atom. The highest BCUT2D eigenvalue weighted by atomic mass is 79.9. The molecule has 0 aromatic heterocycles. The van der Waals surface area contributed by atoms with Crippen LogP contribution in [0.25, 0.3) is 6.08 Å². The molecule has 0 bridgehead atoms. The van der Waals surface area contributed by atoms with Crippen molar-refractivity contribution < 1.29 is 17.3 Å². The molecule has 2 aromatic carbocycles. The molecule has 25 heavy (non-hydrogen) atoms. The lowest BCUT2D eigenvalue weighted by Crippen LogP contribution is -2.25. The topological polar surface area (TPSA) is 52.6 Å². The van der Waals surface area contributed by atoms with Gasteiger partial charge in [-0.05, 0) is 47.1 Å². The maximum absolute atomic E-state index is 12.2. The monoisotopic (exact) mass is 422 g/mol. The summed E-state index contributed by atoms with van der Waals surface area (Å²) in [5, 5.41) is 0. The zero-order valence-electron chi connectivity index (χ0n) is 13.8. The van der Waals surface area contributed by atoms with Crippen molar-refractivity contribution in [1.82, 2.24) is 0 Å². The van der Waals surface area contributed by atoms with E-state index in [0.29, 0.717) is 5.75 Å². The maximum Gasteiger partial charge on any atom is 0.297 e. The molecule has 1 atom stereocenters. The first-order valence-corrected chi connectivity index (χ1v) is 9.75. The second-order valence-corrected chi connectivity index (χ2v) is 7.69. The molecule has 0 amide bonds. The maximum atomic E-state index is 12.2. The van der Waals surface area contributed by atoms with Crippen LogP contribution in [0.3, 0.4) is 0 Å². The number of benzene rings is 2. The van der Waals surface area contributed by atoms with E-state index in [9.17, 15) is 8.42 Å². The second-order valence-electron chi connectivity index (χ2n) is 5.23. The van der Waals surface area contributed by atoms with Crippen LogP contribution in [0.2, 0.25) is 0 Å². The molecule has 0 saturated carbocycles. The summed E-state index contributed by atoms with van der Waals surface area (Å²) in [4.78, 5) is 0.143. The van der Waals surface area contributed by atoms with E-state index in [-0.39, 0.29) is 11.5 Å². The average Bonchev–Trinajstić information content (AvgIpc) is 2.63. The van der Waals surface area contributed by atoms with E-state index in [2.05, 4.69) is 29.1 Å². The molecule has 0 radical (unpaired) electrons. The van der Waals surface area contributed by atoms with Crippen molar-refractivity contribution in [3.05, 3.63) is 77.3 Å². The normalized spacial score (nSPS) is 15.5. The third kappa shape index (κ3) is 4.81. The fourth-order valence-corrected chi connectivity index (χ4v) is 3.60. The molecule has 0 N–H and O–H groups in total. The van der Waals surface area contributed by atoms with Crippen LogP contribution in [0.1, 0.15) is 11.1 Å². The van der Waals surface area contributed by atoms with Gasteiger partial charge in [0.25, 0.3) is 10.1 Å².